The summed E-state index contributed by atoms with van der Waals surface area (Å²) >= 11 is 0. The number of rotatable bonds is 4. The maximum Gasteiger partial charge on any atom is 0.243 e. The van der Waals surface area contributed by atoms with Gasteiger partial charge in [0.2, 0.25) is 10.0 Å². The highest BCUT2D eigenvalue weighted by Gasteiger charge is 2.60. The molecule has 1 aliphatic carbocycles. The van der Waals surface area contributed by atoms with Gasteiger partial charge in [0.1, 0.15) is 0 Å². The molecule has 4 atom stereocenters. The van der Waals surface area contributed by atoms with E-state index in [-0.39, 0.29) is 11.5 Å². The minimum absolute atomic E-state index is 0.196. The number of aryl methyl sites for hydroxylation is 1. The summed E-state index contributed by atoms with van der Waals surface area (Å²) in [6.45, 7) is 8.94. The van der Waals surface area contributed by atoms with E-state index in [0.717, 1.165) is 24.0 Å². The molecule has 3 nitrogen and oxygen atoms in total. The van der Waals surface area contributed by atoms with Crippen molar-refractivity contribution in [3.05, 3.63) is 78.4 Å². The third-order valence-corrected chi connectivity index (χ3v) is 8.55. The molecular weight excluding hydrogens is 354 g/mol. The smallest absolute Gasteiger partial charge is 0.207 e. The Morgan fingerprint density at radius 1 is 1.11 bits per heavy atom. The van der Waals surface area contributed by atoms with Crippen LogP contribution in [0.3, 0.4) is 0 Å². The SMILES string of the molecule is C=C[C@@]12CCC(C)C1CN(S(=O)(=O)c1ccc(C)cc1)[C@H]2c1ccccc1. The van der Waals surface area contributed by atoms with Gasteiger partial charge in [-0.1, -0.05) is 61.0 Å². The van der Waals surface area contributed by atoms with Crippen LogP contribution in [0.15, 0.2) is 72.1 Å². The lowest BCUT2D eigenvalue weighted by atomic mass is 9.72. The first-order valence-corrected chi connectivity index (χ1v) is 11.1. The molecule has 0 N–H and O–H groups in total. The summed E-state index contributed by atoms with van der Waals surface area (Å²) in [6, 6.07) is 17.1. The van der Waals surface area contributed by atoms with Crippen LogP contribution >= 0.6 is 0 Å². The molecule has 4 rings (SSSR count). The van der Waals surface area contributed by atoms with Gasteiger partial charge in [-0.3, -0.25) is 0 Å². The summed E-state index contributed by atoms with van der Waals surface area (Å²) in [7, 11) is -3.58. The van der Waals surface area contributed by atoms with E-state index in [1.165, 1.54) is 0 Å². The Hall–Kier alpha value is -1.91. The lowest BCUT2D eigenvalue weighted by Gasteiger charge is -2.35. The fourth-order valence-electron chi connectivity index (χ4n) is 5.21. The molecule has 4 heteroatoms. The quantitative estimate of drug-likeness (QED) is 0.702. The summed E-state index contributed by atoms with van der Waals surface area (Å²) in [4.78, 5) is 0.376. The highest BCUT2D eigenvalue weighted by molar-refractivity contribution is 7.89. The molecule has 0 bridgehead atoms. The Bertz CT molecular complexity index is 936. The van der Waals surface area contributed by atoms with E-state index in [1.54, 1.807) is 16.4 Å². The number of sulfonamides is 1. The second-order valence-corrected chi connectivity index (χ2v) is 10.0. The van der Waals surface area contributed by atoms with Gasteiger partial charge in [-0.25, -0.2) is 8.42 Å². The number of benzene rings is 2. The van der Waals surface area contributed by atoms with Crippen LogP contribution < -0.4 is 0 Å². The summed E-state index contributed by atoms with van der Waals surface area (Å²) in [6.07, 6.45) is 4.16. The topological polar surface area (TPSA) is 37.4 Å². The van der Waals surface area contributed by atoms with Crippen molar-refractivity contribution in [2.24, 2.45) is 17.3 Å². The average Bonchev–Trinajstić information content (AvgIpc) is 3.18. The summed E-state index contributed by atoms with van der Waals surface area (Å²) in [5.41, 5.74) is 1.92. The highest BCUT2D eigenvalue weighted by Crippen LogP contribution is 2.62. The fraction of sp³-hybridized carbons (Fsp3) is 0.391. The van der Waals surface area contributed by atoms with E-state index in [1.807, 2.05) is 43.3 Å². The van der Waals surface area contributed by atoms with Gasteiger partial charge in [0.15, 0.2) is 0 Å². The van der Waals surface area contributed by atoms with Gasteiger partial charge in [0.25, 0.3) is 0 Å². The number of hydrogen-bond acceptors (Lipinski definition) is 2. The first-order chi connectivity index (χ1) is 12.9. The van der Waals surface area contributed by atoms with Gasteiger partial charge in [-0.2, -0.15) is 4.31 Å². The van der Waals surface area contributed by atoms with Crippen LogP contribution in [-0.4, -0.2) is 19.3 Å². The van der Waals surface area contributed by atoms with Crippen molar-refractivity contribution in [3.63, 3.8) is 0 Å². The fourth-order valence-corrected chi connectivity index (χ4v) is 6.91. The number of fused-ring (bicyclic) bond motifs is 1. The van der Waals surface area contributed by atoms with Crippen molar-refractivity contribution in [3.8, 4) is 0 Å². The highest BCUT2D eigenvalue weighted by atomic mass is 32.2. The minimum atomic E-state index is -3.58. The largest absolute Gasteiger partial charge is 0.243 e. The van der Waals surface area contributed by atoms with E-state index in [4.69, 9.17) is 0 Å². The maximum atomic E-state index is 13.6. The van der Waals surface area contributed by atoms with Crippen LogP contribution in [0.2, 0.25) is 0 Å². The molecule has 2 aromatic carbocycles. The molecule has 0 amide bonds. The molecule has 2 aliphatic rings. The first kappa shape index (κ1) is 18.5. The Morgan fingerprint density at radius 2 is 1.78 bits per heavy atom. The maximum absolute atomic E-state index is 13.6. The molecule has 2 fully saturated rings. The molecule has 2 unspecified atom stereocenters. The molecular formula is C23H27NO2S. The summed E-state index contributed by atoms with van der Waals surface area (Å²) < 4.78 is 29.0. The number of hydrogen-bond donors (Lipinski definition) is 0. The van der Waals surface area contributed by atoms with Crippen LogP contribution in [0.1, 0.15) is 36.9 Å². The molecule has 27 heavy (non-hydrogen) atoms. The molecule has 1 saturated heterocycles. The van der Waals surface area contributed by atoms with Gasteiger partial charge >= 0.3 is 0 Å². The van der Waals surface area contributed by atoms with E-state index in [0.29, 0.717) is 23.3 Å². The van der Waals surface area contributed by atoms with Crippen LogP contribution in [0, 0.1) is 24.2 Å². The third-order valence-electron chi connectivity index (χ3n) is 6.71. The van der Waals surface area contributed by atoms with E-state index in [2.05, 4.69) is 25.6 Å². The van der Waals surface area contributed by atoms with Crippen molar-refractivity contribution in [1.82, 2.24) is 4.31 Å². The second-order valence-electron chi connectivity index (χ2n) is 8.14. The van der Waals surface area contributed by atoms with E-state index in [9.17, 15) is 8.42 Å². The molecule has 0 radical (unpaired) electrons. The third kappa shape index (κ3) is 2.77. The first-order valence-electron chi connectivity index (χ1n) is 9.67. The lowest BCUT2D eigenvalue weighted by molar-refractivity contribution is 0.247. The van der Waals surface area contributed by atoms with Crippen molar-refractivity contribution in [2.45, 2.75) is 37.6 Å². The zero-order valence-corrected chi connectivity index (χ0v) is 16.8. The van der Waals surface area contributed by atoms with Crippen LogP contribution in [0.5, 0.6) is 0 Å². The van der Waals surface area contributed by atoms with Crippen LogP contribution in [0.25, 0.3) is 0 Å². The average molecular weight is 382 g/mol. The molecule has 142 valence electrons. The molecule has 1 heterocycles. The Labute approximate surface area is 162 Å². The molecule has 0 aromatic heterocycles. The molecule has 0 spiro atoms. The molecule has 2 aromatic rings. The Kier molecular flexibility index (Phi) is 4.52. The number of nitrogens with zero attached hydrogens (tertiary/aromatic N) is 1. The second kappa shape index (κ2) is 6.61. The molecule has 1 saturated carbocycles. The van der Waals surface area contributed by atoms with Crippen molar-refractivity contribution < 1.29 is 8.42 Å². The zero-order valence-electron chi connectivity index (χ0n) is 16.0. The van der Waals surface area contributed by atoms with Crippen molar-refractivity contribution >= 4 is 10.0 Å². The van der Waals surface area contributed by atoms with Gasteiger partial charge < -0.3 is 0 Å². The van der Waals surface area contributed by atoms with Crippen LogP contribution in [0.4, 0.5) is 0 Å². The monoisotopic (exact) mass is 381 g/mol. The van der Waals surface area contributed by atoms with E-state index < -0.39 is 10.0 Å². The van der Waals surface area contributed by atoms with Crippen LogP contribution in [-0.2, 0) is 10.0 Å². The van der Waals surface area contributed by atoms with Crippen molar-refractivity contribution in [1.29, 1.82) is 0 Å². The summed E-state index contributed by atoms with van der Waals surface area (Å²) in [5, 5.41) is 0. The van der Waals surface area contributed by atoms with E-state index >= 15 is 0 Å². The van der Waals surface area contributed by atoms with Crippen molar-refractivity contribution in [2.75, 3.05) is 6.54 Å². The normalized spacial score (nSPS) is 31.0. The predicted molar refractivity (Wildman–Crippen MR) is 109 cm³/mol. The van der Waals surface area contributed by atoms with Gasteiger partial charge in [0, 0.05) is 12.0 Å². The Morgan fingerprint density at radius 3 is 2.41 bits per heavy atom. The minimum Gasteiger partial charge on any atom is -0.207 e. The van der Waals surface area contributed by atoms with Gasteiger partial charge in [0.05, 0.1) is 10.9 Å². The standard InChI is InChI=1S/C23H27NO2S/c1-4-23-15-14-18(3)21(23)16-24(22(23)19-8-6-5-7-9-19)27(25,26)20-12-10-17(2)11-13-20/h4-13,18,21-22H,1,14-16H2,2-3H3/t18?,21?,22-,23+/m0/s1. The Balaban J connectivity index is 1.86. The lowest BCUT2D eigenvalue weighted by Crippen LogP contribution is -2.35. The molecule has 1 aliphatic heterocycles. The predicted octanol–water partition coefficient (Wildman–Crippen LogP) is 4.96. The summed E-state index contributed by atoms with van der Waals surface area (Å²) in [5.74, 6) is 0.799. The zero-order chi connectivity index (χ0) is 19.2. The van der Waals surface area contributed by atoms with Gasteiger partial charge in [-0.15, -0.1) is 6.58 Å². The van der Waals surface area contributed by atoms with Gasteiger partial charge in [-0.05, 0) is 49.3 Å².